The minimum absolute atomic E-state index is 0.000516. The molecule has 196 valence electrons. The third kappa shape index (κ3) is 6.10. The second-order valence-electron chi connectivity index (χ2n) is 8.05. The van der Waals surface area contributed by atoms with Crippen LogP contribution >= 0.6 is 22.7 Å². The molecule has 0 saturated carbocycles. The van der Waals surface area contributed by atoms with Gasteiger partial charge in [0.05, 0.1) is 38.1 Å². The van der Waals surface area contributed by atoms with Gasteiger partial charge < -0.3 is 25.0 Å². The zero-order valence-electron chi connectivity index (χ0n) is 19.0. The Hall–Kier alpha value is -3.46. The first kappa shape index (κ1) is 26.6. The molecule has 1 aliphatic rings. The Kier molecular flexibility index (Phi) is 7.54. The first-order valence-electron chi connectivity index (χ1n) is 10.7. The van der Waals surface area contributed by atoms with E-state index < -0.39 is 30.4 Å². The molecule has 2 unspecified atom stereocenters. The SMILES string of the molecule is C/C(=N\NC(=O)c1ccc(C(=O)N2CC(O)C(O)C2)s1)c1csc(-c2ccc(OC(F)(F)F)cc2)c1O. The van der Waals surface area contributed by atoms with Gasteiger partial charge in [-0.05, 0) is 48.9 Å². The van der Waals surface area contributed by atoms with Crippen LogP contribution in [0.2, 0.25) is 0 Å². The number of likely N-dealkylation sites (tertiary alicyclic amines) is 1. The molecule has 2 aromatic heterocycles. The summed E-state index contributed by atoms with van der Waals surface area (Å²) in [7, 11) is 0. The number of alkyl halides is 3. The van der Waals surface area contributed by atoms with Gasteiger partial charge in [0, 0.05) is 18.5 Å². The van der Waals surface area contributed by atoms with Crippen molar-refractivity contribution in [2.45, 2.75) is 25.5 Å². The van der Waals surface area contributed by atoms with Crippen molar-refractivity contribution in [1.29, 1.82) is 0 Å². The standard InChI is InChI=1S/C23H20F3N3O6S2/c1-11(14-10-36-20(19(14)32)12-2-4-13(5-3-12)35-23(24,25)26)27-28-21(33)17-6-7-18(37-17)22(34)29-8-15(30)16(31)9-29/h2-7,10,15-16,30-32H,8-9H2,1H3,(H,28,33)/b27-11+. The second-order valence-corrected chi connectivity index (χ2v) is 10.0. The Balaban J connectivity index is 1.41. The molecule has 1 aromatic carbocycles. The number of nitrogens with zero attached hydrogens (tertiary/aromatic N) is 2. The van der Waals surface area contributed by atoms with Crippen LogP contribution < -0.4 is 10.2 Å². The van der Waals surface area contributed by atoms with Gasteiger partial charge in [-0.25, -0.2) is 5.43 Å². The summed E-state index contributed by atoms with van der Waals surface area (Å²) in [5, 5.41) is 35.5. The van der Waals surface area contributed by atoms with E-state index in [0.717, 1.165) is 34.8 Å². The lowest BCUT2D eigenvalue weighted by Gasteiger charge is -2.13. The van der Waals surface area contributed by atoms with Crippen molar-refractivity contribution < 1.29 is 42.8 Å². The van der Waals surface area contributed by atoms with Crippen LogP contribution in [0.4, 0.5) is 13.2 Å². The largest absolute Gasteiger partial charge is 0.573 e. The lowest BCUT2D eigenvalue weighted by Crippen LogP contribution is -2.29. The van der Waals surface area contributed by atoms with Gasteiger partial charge in [0.25, 0.3) is 11.8 Å². The van der Waals surface area contributed by atoms with Crippen LogP contribution in [0.3, 0.4) is 0 Å². The smallest absolute Gasteiger partial charge is 0.506 e. The van der Waals surface area contributed by atoms with Crippen LogP contribution in [0.25, 0.3) is 10.4 Å². The van der Waals surface area contributed by atoms with Crippen molar-refractivity contribution >= 4 is 40.2 Å². The van der Waals surface area contributed by atoms with E-state index >= 15 is 0 Å². The monoisotopic (exact) mass is 555 g/mol. The molecule has 1 saturated heterocycles. The number of nitrogens with one attached hydrogen (secondary N) is 1. The fourth-order valence-electron chi connectivity index (χ4n) is 3.54. The minimum Gasteiger partial charge on any atom is -0.506 e. The molecule has 1 fully saturated rings. The number of hydrogen-bond acceptors (Lipinski definition) is 9. The number of hydrogen-bond donors (Lipinski definition) is 4. The summed E-state index contributed by atoms with van der Waals surface area (Å²) >= 11 is 2.07. The van der Waals surface area contributed by atoms with Gasteiger partial charge in [0.15, 0.2) is 0 Å². The van der Waals surface area contributed by atoms with Gasteiger partial charge >= 0.3 is 6.36 Å². The normalized spacial score (nSPS) is 18.2. The number of ether oxygens (including phenoxy) is 1. The number of rotatable bonds is 6. The van der Waals surface area contributed by atoms with Crippen molar-refractivity contribution in [3.8, 4) is 21.9 Å². The second kappa shape index (κ2) is 10.5. The molecule has 2 amide bonds. The highest BCUT2D eigenvalue weighted by Crippen LogP contribution is 2.39. The molecule has 4 N–H and O–H groups in total. The Bertz CT molecular complexity index is 1330. The van der Waals surface area contributed by atoms with Gasteiger partial charge in [-0.3, -0.25) is 9.59 Å². The van der Waals surface area contributed by atoms with Crippen LogP contribution in [-0.4, -0.2) is 69.4 Å². The number of aliphatic hydroxyl groups is 2. The lowest BCUT2D eigenvalue weighted by atomic mass is 10.1. The minimum atomic E-state index is -4.81. The summed E-state index contributed by atoms with van der Waals surface area (Å²) in [5.74, 6) is -1.53. The van der Waals surface area contributed by atoms with Crippen molar-refractivity contribution in [3.05, 3.63) is 57.1 Å². The summed E-state index contributed by atoms with van der Waals surface area (Å²) in [5.41, 5.74) is 3.43. The number of β-amino-alcohol motifs (C(OH)–C–C–N with tert-alkyl or cyclic N) is 2. The van der Waals surface area contributed by atoms with Crippen LogP contribution in [0.5, 0.6) is 11.5 Å². The van der Waals surface area contributed by atoms with E-state index in [9.17, 15) is 38.1 Å². The number of halogens is 3. The van der Waals surface area contributed by atoms with Crippen molar-refractivity contribution in [2.75, 3.05) is 13.1 Å². The molecular weight excluding hydrogens is 535 g/mol. The summed E-state index contributed by atoms with van der Waals surface area (Å²) in [6.07, 6.45) is -6.83. The molecule has 1 aliphatic heterocycles. The van der Waals surface area contributed by atoms with E-state index in [4.69, 9.17) is 0 Å². The number of hydrazone groups is 1. The van der Waals surface area contributed by atoms with Crippen LogP contribution in [0.1, 0.15) is 31.8 Å². The van der Waals surface area contributed by atoms with Crippen molar-refractivity contribution in [3.63, 3.8) is 0 Å². The zero-order valence-corrected chi connectivity index (χ0v) is 20.7. The molecule has 3 aromatic rings. The molecule has 9 nitrogen and oxygen atoms in total. The number of aromatic hydroxyl groups is 1. The quantitative estimate of drug-likeness (QED) is 0.272. The first-order chi connectivity index (χ1) is 17.4. The Morgan fingerprint density at radius 3 is 2.32 bits per heavy atom. The topological polar surface area (TPSA) is 132 Å². The van der Waals surface area contributed by atoms with Crippen molar-refractivity contribution in [2.24, 2.45) is 5.10 Å². The fourth-order valence-corrected chi connectivity index (χ4v) is 5.41. The molecule has 2 atom stereocenters. The van der Waals surface area contributed by atoms with Gasteiger partial charge in [-0.1, -0.05) is 0 Å². The van der Waals surface area contributed by atoms with Gasteiger partial charge in [-0.15, -0.1) is 35.8 Å². The van der Waals surface area contributed by atoms with Gasteiger partial charge in [0.1, 0.15) is 11.5 Å². The highest BCUT2D eigenvalue weighted by Gasteiger charge is 2.34. The first-order valence-corrected chi connectivity index (χ1v) is 12.4. The van der Waals surface area contributed by atoms with Crippen LogP contribution in [0.15, 0.2) is 46.9 Å². The number of carbonyl (C=O) groups excluding carboxylic acids is 2. The molecule has 0 spiro atoms. The van der Waals surface area contributed by atoms with Crippen LogP contribution in [0, 0.1) is 0 Å². The average Bonchev–Trinajstić information content (AvgIpc) is 3.56. The lowest BCUT2D eigenvalue weighted by molar-refractivity contribution is -0.274. The maximum absolute atomic E-state index is 12.5. The number of amides is 2. The van der Waals surface area contributed by atoms with E-state index in [-0.39, 0.29) is 40.1 Å². The maximum atomic E-state index is 12.5. The van der Waals surface area contributed by atoms with Gasteiger partial charge in [-0.2, -0.15) is 5.10 Å². The van der Waals surface area contributed by atoms with E-state index in [1.54, 1.807) is 12.3 Å². The molecule has 14 heteroatoms. The predicted octanol–water partition coefficient (Wildman–Crippen LogP) is 3.41. The molecule has 0 bridgehead atoms. The molecule has 0 radical (unpaired) electrons. The van der Waals surface area contributed by atoms with Crippen LogP contribution in [-0.2, 0) is 0 Å². The molecule has 0 aliphatic carbocycles. The number of aliphatic hydroxyl groups excluding tert-OH is 2. The Morgan fingerprint density at radius 1 is 1.08 bits per heavy atom. The number of carbonyl (C=O) groups is 2. The maximum Gasteiger partial charge on any atom is 0.573 e. The number of thiophene rings is 2. The highest BCUT2D eigenvalue weighted by atomic mass is 32.1. The van der Waals surface area contributed by atoms with E-state index in [1.165, 1.54) is 29.2 Å². The summed E-state index contributed by atoms with van der Waals surface area (Å²) in [6, 6.07) is 7.95. The number of benzene rings is 1. The van der Waals surface area contributed by atoms with E-state index in [1.807, 2.05) is 0 Å². The molecule has 3 heterocycles. The van der Waals surface area contributed by atoms with E-state index in [0.29, 0.717) is 16.0 Å². The Labute approximate surface area is 216 Å². The summed E-state index contributed by atoms with van der Waals surface area (Å²) < 4.78 is 40.9. The molecule has 4 rings (SSSR count). The third-order valence-electron chi connectivity index (χ3n) is 5.42. The van der Waals surface area contributed by atoms with Gasteiger partial charge in [0.2, 0.25) is 0 Å². The molecule has 37 heavy (non-hydrogen) atoms. The average molecular weight is 556 g/mol. The summed E-state index contributed by atoms with van der Waals surface area (Å²) in [4.78, 5) is 27.2. The molecular formula is C23H20F3N3O6S2. The highest BCUT2D eigenvalue weighted by molar-refractivity contribution is 7.16. The Morgan fingerprint density at radius 2 is 1.70 bits per heavy atom. The summed E-state index contributed by atoms with van der Waals surface area (Å²) in [6.45, 7) is 1.56. The fraction of sp³-hybridized carbons (Fsp3) is 0.261. The van der Waals surface area contributed by atoms with E-state index in [2.05, 4.69) is 15.3 Å². The predicted molar refractivity (Wildman–Crippen MR) is 130 cm³/mol. The third-order valence-corrected chi connectivity index (χ3v) is 7.51. The zero-order chi connectivity index (χ0) is 26.9. The van der Waals surface area contributed by atoms with Crippen molar-refractivity contribution in [1.82, 2.24) is 10.3 Å².